The van der Waals surface area contributed by atoms with E-state index in [1.165, 1.54) is 6.20 Å². The topological polar surface area (TPSA) is 131 Å². The van der Waals surface area contributed by atoms with E-state index in [4.69, 9.17) is 0 Å². The highest BCUT2D eigenvalue weighted by Crippen LogP contribution is 2.29. The van der Waals surface area contributed by atoms with E-state index in [1.807, 2.05) is 19.1 Å². The van der Waals surface area contributed by atoms with Crippen LogP contribution in [0.25, 0.3) is 11.1 Å². The molecule has 1 aliphatic rings. The van der Waals surface area contributed by atoms with Crippen LogP contribution in [0.3, 0.4) is 0 Å². The lowest BCUT2D eigenvalue weighted by Crippen LogP contribution is -2.44. The fourth-order valence-corrected chi connectivity index (χ4v) is 3.88. The minimum Gasteiger partial charge on any atom is -0.353 e. The molecule has 1 saturated heterocycles. The summed E-state index contributed by atoms with van der Waals surface area (Å²) in [7, 11) is 0. The summed E-state index contributed by atoms with van der Waals surface area (Å²) in [6.45, 7) is 8.68. The van der Waals surface area contributed by atoms with Gasteiger partial charge < -0.3 is 15.5 Å². The average molecular weight is 467 g/mol. The number of nitriles is 2. The molecule has 1 aliphatic heterocycles. The van der Waals surface area contributed by atoms with Crippen molar-refractivity contribution in [1.29, 1.82) is 10.5 Å². The van der Waals surface area contributed by atoms with Gasteiger partial charge in [-0.1, -0.05) is 0 Å². The van der Waals surface area contributed by atoms with Gasteiger partial charge in [-0.25, -0.2) is 4.98 Å². The first-order chi connectivity index (χ1) is 16.8. The van der Waals surface area contributed by atoms with Crippen molar-refractivity contribution < 1.29 is 4.79 Å². The van der Waals surface area contributed by atoms with Crippen molar-refractivity contribution in [2.24, 2.45) is 0 Å². The highest BCUT2D eigenvalue weighted by molar-refractivity contribution is 6.04. The van der Waals surface area contributed by atoms with Crippen LogP contribution in [0, 0.1) is 29.6 Å². The highest BCUT2D eigenvalue weighted by Gasteiger charge is 2.23. The summed E-state index contributed by atoms with van der Waals surface area (Å²) in [6.07, 6.45) is 4.86. The maximum absolute atomic E-state index is 12.9. The van der Waals surface area contributed by atoms with Crippen LogP contribution >= 0.6 is 0 Å². The maximum atomic E-state index is 12.9. The molecule has 0 aliphatic carbocycles. The van der Waals surface area contributed by atoms with E-state index in [1.54, 1.807) is 38.4 Å². The number of nitrogens with one attached hydrogen (secondary N) is 2. The summed E-state index contributed by atoms with van der Waals surface area (Å²) in [5.74, 6) is 0.352. The average Bonchev–Trinajstić information content (AvgIpc) is 2.90. The molecule has 4 heterocycles. The summed E-state index contributed by atoms with van der Waals surface area (Å²) in [5, 5.41) is 25.3. The quantitative estimate of drug-likeness (QED) is 0.586. The van der Waals surface area contributed by atoms with Crippen LogP contribution in [0.15, 0.2) is 42.9 Å². The van der Waals surface area contributed by atoms with Crippen molar-refractivity contribution >= 4 is 17.4 Å². The number of hydrogen-bond donors (Lipinski definition) is 2. The molecule has 4 rings (SSSR count). The first-order valence-electron chi connectivity index (χ1n) is 11.3. The molecule has 9 nitrogen and oxygen atoms in total. The second-order valence-corrected chi connectivity index (χ2v) is 8.92. The Bertz CT molecular complexity index is 1350. The predicted molar refractivity (Wildman–Crippen MR) is 133 cm³/mol. The summed E-state index contributed by atoms with van der Waals surface area (Å²) >= 11 is 0. The van der Waals surface area contributed by atoms with Gasteiger partial charge in [-0.3, -0.25) is 14.8 Å². The maximum Gasteiger partial charge on any atom is 0.255 e. The van der Waals surface area contributed by atoms with Crippen LogP contribution in [0.1, 0.15) is 41.2 Å². The third-order valence-electron chi connectivity index (χ3n) is 6.00. The lowest BCUT2D eigenvalue weighted by molar-refractivity contribution is 0.102. The van der Waals surface area contributed by atoms with Crippen molar-refractivity contribution in [1.82, 2.24) is 20.3 Å². The lowest BCUT2D eigenvalue weighted by atomic mass is 9.90. The number of rotatable bonds is 5. The zero-order valence-corrected chi connectivity index (χ0v) is 20.0. The molecular formula is C26H26N8O. The van der Waals surface area contributed by atoms with Gasteiger partial charge in [-0.05, 0) is 45.0 Å². The lowest BCUT2D eigenvalue weighted by Gasteiger charge is -2.29. The molecule has 9 heteroatoms. The number of nitrogens with zero attached hydrogens (tertiary/aromatic N) is 6. The van der Waals surface area contributed by atoms with Gasteiger partial charge in [0, 0.05) is 61.0 Å². The van der Waals surface area contributed by atoms with Crippen molar-refractivity contribution in [3.63, 3.8) is 0 Å². The molecule has 0 radical (unpaired) electrons. The monoisotopic (exact) mass is 466 g/mol. The van der Waals surface area contributed by atoms with Crippen LogP contribution in [0.4, 0.5) is 11.5 Å². The number of aryl methyl sites for hydroxylation is 1. The largest absolute Gasteiger partial charge is 0.353 e. The van der Waals surface area contributed by atoms with E-state index in [-0.39, 0.29) is 5.91 Å². The zero-order valence-electron chi connectivity index (χ0n) is 20.0. The molecule has 0 spiro atoms. The van der Waals surface area contributed by atoms with Gasteiger partial charge in [0.1, 0.15) is 11.9 Å². The number of hydrogen-bond acceptors (Lipinski definition) is 8. The first-order valence-corrected chi connectivity index (χ1v) is 11.3. The van der Waals surface area contributed by atoms with Gasteiger partial charge >= 0.3 is 0 Å². The van der Waals surface area contributed by atoms with Crippen LogP contribution in [0.2, 0.25) is 0 Å². The Morgan fingerprint density at radius 3 is 2.60 bits per heavy atom. The molecule has 35 heavy (non-hydrogen) atoms. The Morgan fingerprint density at radius 1 is 1.11 bits per heavy atom. The molecule has 0 bridgehead atoms. The minimum absolute atomic E-state index is 0.330. The van der Waals surface area contributed by atoms with Crippen LogP contribution in [-0.2, 0) is 5.41 Å². The summed E-state index contributed by atoms with van der Waals surface area (Å²) in [6, 6.07) is 11.3. The molecule has 2 N–H and O–H groups in total. The van der Waals surface area contributed by atoms with Crippen molar-refractivity contribution in [2.45, 2.75) is 26.2 Å². The number of anilines is 2. The van der Waals surface area contributed by atoms with Crippen molar-refractivity contribution in [3.8, 4) is 23.3 Å². The molecule has 1 fully saturated rings. The molecule has 0 atom stereocenters. The minimum atomic E-state index is -0.808. The number of piperazine rings is 1. The molecule has 3 aromatic rings. The van der Waals surface area contributed by atoms with Crippen LogP contribution in [0.5, 0.6) is 0 Å². The standard InChI is InChI=1S/C26H26N8O/c1-17-22(20-10-19(13-27)24(32-14-20)34-8-6-29-7-9-34)12-21(15-31-17)33-25(35)18-4-5-30-23(11-18)26(2,3)16-28/h4-5,10-12,14-15,29H,6-9H2,1-3H3,(H,33,35). The number of aromatic nitrogens is 3. The van der Waals surface area contributed by atoms with Gasteiger partial charge in [0.05, 0.1) is 34.6 Å². The fourth-order valence-electron chi connectivity index (χ4n) is 3.88. The number of carbonyl (C=O) groups excluding carboxylic acids is 1. The van der Waals surface area contributed by atoms with E-state index in [0.717, 1.165) is 43.0 Å². The van der Waals surface area contributed by atoms with Crippen molar-refractivity contribution in [3.05, 3.63) is 65.4 Å². The molecule has 1 amide bonds. The van der Waals surface area contributed by atoms with Crippen LogP contribution < -0.4 is 15.5 Å². The molecule has 0 unspecified atom stereocenters. The Morgan fingerprint density at radius 2 is 1.89 bits per heavy atom. The third-order valence-corrected chi connectivity index (χ3v) is 6.00. The molecule has 0 saturated carbocycles. The van der Waals surface area contributed by atoms with Gasteiger partial charge in [0.2, 0.25) is 0 Å². The fraction of sp³-hybridized carbons (Fsp3) is 0.308. The predicted octanol–water partition coefficient (Wildman–Crippen LogP) is 3.18. The summed E-state index contributed by atoms with van der Waals surface area (Å²) in [4.78, 5) is 28.3. The Labute approximate surface area is 204 Å². The molecular weight excluding hydrogens is 440 g/mol. The Balaban J connectivity index is 1.60. The van der Waals surface area contributed by atoms with E-state index >= 15 is 0 Å². The van der Waals surface area contributed by atoms with Crippen molar-refractivity contribution in [2.75, 3.05) is 36.4 Å². The number of pyridine rings is 3. The van der Waals surface area contributed by atoms with Gasteiger partial charge in [0.15, 0.2) is 0 Å². The van der Waals surface area contributed by atoms with E-state index in [0.29, 0.717) is 28.3 Å². The molecule has 3 aromatic heterocycles. The summed E-state index contributed by atoms with van der Waals surface area (Å²) in [5.41, 5.74) is 3.41. The SMILES string of the molecule is Cc1ncc(NC(=O)c2ccnc(C(C)(C)C#N)c2)cc1-c1cnc(N2CCNCC2)c(C#N)c1. The van der Waals surface area contributed by atoms with Crippen LogP contribution in [-0.4, -0.2) is 47.0 Å². The van der Waals surface area contributed by atoms with Gasteiger partial charge in [-0.15, -0.1) is 0 Å². The zero-order chi connectivity index (χ0) is 25.0. The second kappa shape index (κ2) is 9.88. The van der Waals surface area contributed by atoms with Gasteiger partial charge in [-0.2, -0.15) is 10.5 Å². The summed E-state index contributed by atoms with van der Waals surface area (Å²) < 4.78 is 0. The third kappa shape index (κ3) is 5.11. The highest BCUT2D eigenvalue weighted by atomic mass is 16.1. The molecule has 176 valence electrons. The Kier molecular flexibility index (Phi) is 6.72. The normalized spacial score (nSPS) is 13.6. The number of amides is 1. The first kappa shape index (κ1) is 23.8. The van der Waals surface area contributed by atoms with Gasteiger partial charge in [0.25, 0.3) is 5.91 Å². The Hall–Kier alpha value is -4.34. The van der Waals surface area contributed by atoms with E-state index < -0.39 is 5.41 Å². The van der Waals surface area contributed by atoms with E-state index in [2.05, 4.69) is 42.6 Å². The van der Waals surface area contributed by atoms with E-state index in [9.17, 15) is 15.3 Å². The molecule has 0 aromatic carbocycles. The second-order valence-electron chi connectivity index (χ2n) is 8.92. The number of carbonyl (C=O) groups is 1. The smallest absolute Gasteiger partial charge is 0.255 e.